The molecule has 4 saturated carbocycles. The minimum Gasteiger partial charge on any atom is -0.478 e. The first-order chi connectivity index (χ1) is 15.7. The summed E-state index contributed by atoms with van der Waals surface area (Å²) in [5.41, 5.74) is -2.41. The number of amides is 1. The molecule has 0 spiro atoms. The Morgan fingerprint density at radius 1 is 1.21 bits per heavy atom. The highest BCUT2D eigenvalue weighted by Crippen LogP contribution is 2.77. The van der Waals surface area contributed by atoms with Crippen molar-refractivity contribution in [3.8, 4) is 5.88 Å². The van der Waals surface area contributed by atoms with E-state index in [9.17, 15) is 22.4 Å². The van der Waals surface area contributed by atoms with Crippen molar-refractivity contribution in [1.29, 1.82) is 0 Å². The van der Waals surface area contributed by atoms with Gasteiger partial charge in [-0.3, -0.25) is 5.10 Å². The highest BCUT2D eigenvalue weighted by Gasteiger charge is 2.88. The van der Waals surface area contributed by atoms with Gasteiger partial charge in [0.25, 0.3) is 5.92 Å². The first kappa shape index (κ1) is 20.5. The van der Waals surface area contributed by atoms with E-state index < -0.39 is 47.0 Å². The number of anilines is 2. The van der Waals surface area contributed by atoms with E-state index in [1.54, 1.807) is 6.07 Å². The van der Waals surface area contributed by atoms with Crippen LogP contribution < -0.4 is 15.4 Å². The molecule has 3 atom stereocenters. The molecule has 3 aliphatic heterocycles. The predicted molar refractivity (Wildman–Crippen MR) is 106 cm³/mol. The lowest BCUT2D eigenvalue weighted by Crippen LogP contribution is -2.89. The number of aromatic amines is 1. The molecule has 0 saturated heterocycles. The standard InChI is InChI=1S/C21H21F4N5O3/c22-12-5-10-6-13(12)33-18(31)28-20-8-19(9-20,21(20,24)25)2-4-32-14-7-11(1-3-26-14)27-17-15(23)16(10)29-30-17/h1,3,7,10,12-13H,2,4-6,8-9H2,(H,28,31)(H2,27,29,30)/t10-,12+,13-,19?,20?/m1/s1. The van der Waals surface area contributed by atoms with E-state index in [1.165, 1.54) is 12.3 Å². The molecule has 4 aliphatic carbocycles. The summed E-state index contributed by atoms with van der Waals surface area (Å²) in [6, 6.07) is 3.09. The molecule has 2 aromatic rings. The van der Waals surface area contributed by atoms with Crippen LogP contribution in [0.5, 0.6) is 5.88 Å². The highest BCUT2D eigenvalue weighted by atomic mass is 19.3. The number of rotatable bonds is 0. The van der Waals surface area contributed by atoms with Gasteiger partial charge < -0.3 is 20.1 Å². The summed E-state index contributed by atoms with van der Waals surface area (Å²) in [6.45, 7) is 0.000763. The van der Waals surface area contributed by atoms with Gasteiger partial charge in [-0.15, -0.1) is 0 Å². The molecule has 0 unspecified atom stereocenters. The van der Waals surface area contributed by atoms with Crippen molar-refractivity contribution >= 4 is 17.6 Å². The minimum atomic E-state index is -3.12. The average molecular weight is 467 g/mol. The van der Waals surface area contributed by atoms with Crippen LogP contribution in [0.4, 0.5) is 33.9 Å². The summed E-state index contributed by atoms with van der Waals surface area (Å²) in [4.78, 5) is 16.4. The predicted octanol–water partition coefficient (Wildman–Crippen LogP) is 3.95. The number of hydrogen-bond donors (Lipinski definition) is 3. The van der Waals surface area contributed by atoms with E-state index in [2.05, 4.69) is 25.8 Å². The van der Waals surface area contributed by atoms with Crippen LogP contribution in [0.2, 0.25) is 0 Å². The number of pyridine rings is 1. The normalized spacial score (nSPS) is 36.4. The van der Waals surface area contributed by atoms with Gasteiger partial charge in [-0.05, 0) is 38.2 Å². The molecule has 9 rings (SSSR count). The molecule has 176 valence electrons. The highest BCUT2D eigenvalue weighted by molar-refractivity contribution is 5.70. The Bertz CT molecular complexity index is 1120. The van der Waals surface area contributed by atoms with Crippen LogP contribution in [-0.2, 0) is 4.74 Å². The van der Waals surface area contributed by atoms with E-state index in [1.807, 2.05) is 0 Å². The summed E-state index contributed by atoms with van der Waals surface area (Å²) in [5, 5.41) is 11.6. The number of nitrogens with one attached hydrogen (secondary N) is 3. The smallest absolute Gasteiger partial charge is 0.408 e. The third kappa shape index (κ3) is 2.85. The fourth-order valence-electron chi connectivity index (χ4n) is 5.76. The number of alkyl carbamates (subject to hydrolysis) is 1. The van der Waals surface area contributed by atoms with Crippen LogP contribution in [0, 0.1) is 11.2 Å². The van der Waals surface area contributed by atoms with E-state index in [4.69, 9.17) is 9.47 Å². The minimum absolute atomic E-state index is 0.000763. The summed E-state index contributed by atoms with van der Waals surface area (Å²) in [6.07, 6.45) is -2.18. The van der Waals surface area contributed by atoms with Crippen molar-refractivity contribution in [2.45, 2.75) is 61.8 Å². The maximum atomic E-state index is 15.0. The largest absolute Gasteiger partial charge is 0.478 e. The zero-order chi connectivity index (χ0) is 23.0. The van der Waals surface area contributed by atoms with Crippen LogP contribution >= 0.6 is 0 Å². The van der Waals surface area contributed by atoms with Crippen LogP contribution in [0.1, 0.15) is 43.7 Å². The Morgan fingerprint density at radius 2 is 2.03 bits per heavy atom. The summed E-state index contributed by atoms with van der Waals surface area (Å²) in [7, 11) is 0. The van der Waals surface area contributed by atoms with Crippen molar-refractivity contribution < 1.29 is 31.8 Å². The molecule has 12 heteroatoms. The molecule has 8 nitrogen and oxygen atoms in total. The fraction of sp³-hybridized carbons (Fsp3) is 0.571. The van der Waals surface area contributed by atoms with Crippen molar-refractivity contribution in [2.24, 2.45) is 5.41 Å². The monoisotopic (exact) mass is 467 g/mol. The lowest BCUT2D eigenvalue weighted by atomic mass is 9.35. The van der Waals surface area contributed by atoms with Gasteiger partial charge in [0, 0.05) is 29.3 Å². The van der Waals surface area contributed by atoms with Gasteiger partial charge in [-0.25, -0.2) is 27.3 Å². The van der Waals surface area contributed by atoms with Gasteiger partial charge in [0.15, 0.2) is 11.6 Å². The molecular formula is C21H21F4N5O3. The maximum absolute atomic E-state index is 15.0. The SMILES string of the molecule is O=C1NC23CC(CCOc4cc(ccn4)Nc4n[nH]c(c4F)[C@@H]4C[C@H](F)[C@@H](C4)O1)(C2)C3(F)F. The van der Waals surface area contributed by atoms with Gasteiger partial charge in [-0.2, -0.15) is 5.10 Å². The quantitative estimate of drug-likeness (QED) is 0.508. The van der Waals surface area contributed by atoms with Crippen molar-refractivity contribution in [3.63, 3.8) is 0 Å². The summed E-state index contributed by atoms with van der Waals surface area (Å²) < 4.78 is 70.0. The second-order valence-corrected chi connectivity index (χ2v) is 9.45. The van der Waals surface area contributed by atoms with Gasteiger partial charge in [0.05, 0.1) is 12.3 Å². The van der Waals surface area contributed by atoms with E-state index in [0.717, 1.165) is 0 Å². The molecule has 33 heavy (non-hydrogen) atoms. The average Bonchev–Trinajstić information content (AvgIpc) is 3.28. The molecule has 0 radical (unpaired) electrons. The first-order valence-electron chi connectivity index (χ1n) is 10.8. The van der Waals surface area contributed by atoms with Crippen molar-refractivity contribution in [1.82, 2.24) is 20.5 Å². The van der Waals surface area contributed by atoms with Crippen LogP contribution in [-0.4, -0.2) is 51.6 Å². The Labute approximate surface area is 185 Å². The van der Waals surface area contributed by atoms with Gasteiger partial charge in [-0.1, -0.05) is 0 Å². The topological polar surface area (TPSA) is 101 Å². The second-order valence-electron chi connectivity index (χ2n) is 9.45. The lowest BCUT2D eigenvalue weighted by Gasteiger charge is -2.74. The Balaban J connectivity index is 1.30. The third-order valence-corrected chi connectivity index (χ3v) is 7.55. The maximum Gasteiger partial charge on any atom is 0.408 e. The number of hydrogen-bond acceptors (Lipinski definition) is 6. The zero-order valence-corrected chi connectivity index (χ0v) is 17.3. The number of halogens is 4. The van der Waals surface area contributed by atoms with Crippen LogP contribution in [0.25, 0.3) is 0 Å². The number of H-pyrrole nitrogens is 1. The van der Waals surface area contributed by atoms with E-state index in [-0.39, 0.29) is 56.1 Å². The Kier molecular flexibility index (Phi) is 4.19. The van der Waals surface area contributed by atoms with Gasteiger partial charge >= 0.3 is 6.09 Å². The number of carbonyl (C=O) groups is 1. The lowest BCUT2D eigenvalue weighted by molar-refractivity contribution is -0.374. The summed E-state index contributed by atoms with van der Waals surface area (Å²) in [5.74, 6) is -4.30. The molecule has 1 amide bonds. The van der Waals surface area contributed by atoms with Gasteiger partial charge in [0.2, 0.25) is 5.88 Å². The zero-order valence-electron chi connectivity index (χ0n) is 17.3. The summed E-state index contributed by atoms with van der Waals surface area (Å²) >= 11 is 0. The molecule has 4 fully saturated rings. The number of nitrogens with zero attached hydrogens (tertiary/aromatic N) is 2. The second kappa shape index (κ2) is 6.73. The fourth-order valence-corrected chi connectivity index (χ4v) is 5.76. The van der Waals surface area contributed by atoms with E-state index >= 15 is 0 Å². The van der Waals surface area contributed by atoms with Crippen molar-refractivity contribution in [3.05, 3.63) is 29.8 Å². The van der Waals surface area contributed by atoms with E-state index in [0.29, 0.717) is 5.69 Å². The first-order valence-corrected chi connectivity index (χ1v) is 10.8. The molecule has 3 N–H and O–H groups in total. The van der Waals surface area contributed by atoms with Crippen LogP contribution in [0.3, 0.4) is 0 Å². The third-order valence-electron chi connectivity index (χ3n) is 7.55. The molecule has 7 aliphatic rings. The number of carbonyl (C=O) groups excluding carboxylic acids is 1. The number of alkyl halides is 3. The molecule has 0 aromatic carbocycles. The number of aromatic nitrogens is 3. The van der Waals surface area contributed by atoms with Crippen molar-refractivity contribution in [2.75, 3.05) is 11.9 Å². The Hall–Kier alpha value is -3.05. The number of ether oxygens (including phenoxy) is 2. The molecule has 5 heterocycles. The molecular weight excluding hydrogens is 446 g/mol. The Morgan fingerprint density at radius 3 is 2.82 bits per heavy atom. The molecule has 8 bridgehead atoms. The van der Waals surface area contributed by atoms with Gasteiger partial charge in [0.1, 0.15) is 17.8 Å². The van der Waals surface area contributed by atoms with Crippen LogP contribution in [0.15, 0.2) is 18.3 Å². The molecule has 2 aromatic heterocycles.